The number of furan rings is 2. The summed E-state index contributed by atoms with van der Waals surface area (Å²) in [6, 6.07) is 153. The van der Waals surface area contributed by atoms with Crippen LogP contribution < -0.4 is 0 Å². The van der Waals surface area contributed by atoms with E-state index >= 15 is 0 Å². The number of hydrogen-bond acceptors (Lipinski definition) is 13. The molecule has 22 aromatic carbocycles. The van der Waals surface area contributed by atoms with E-state index in [1.165, 1.54) is 127 Å². The van der Waals surface area contributed by atoms with Crippen molar-refractivity contribution in [1.82, 2.24) is 44.9 Å². The van der Waals surface area contributed by atoms with E-state index in [0.29, 0.717) is 34.9 Å². The lowest BCUT2D eigenvalue weighted by molar-refractivity contribution is 0.669. The van der Waals surface area contributed by atoms with Gasteiger partial charge in [-0.25, -0.2) is 39.9 Å². The fourth-order valence-electron chi connectivity index (χ4n) is 20.7. The molecular formula is C127H73N9O2S2. The zero-order valence-electron chi connectivity index (χ0n) is 74.8. The van der Waals surface area contributed by atoms with Gasteiger partial charge in [0.05, 0.1) is 28.1 Å². The Bertz CT molecular complexity index is 10300. The topological polar surface area (TPSA) is 142 Å². The Balaban J connectivity index is 0.000000104. The van der Waals surface area contributed by atoms with Crippen LogP contribution >= 0.6 is 22.7 Å². The lowest BCUT2D eigenvalue weighted by atomic mass is 9.92. The molecule has 0 radical (unpaired) electrons. The van der Waals surface area contributed by atoms with Crippen molar-refractivity contribution in [1.29, 1.82) is 0 Å². The van der Waals surface area contributed by atoms with Crippen molar-refractivity contribution in [2.24, 2.45) is 0 Å². The van der Waals surface area contributed by atoms with Gasteiger partial charge in [-0.2, -0.15) is 0 Å². The molecule has 650 valence electrons. The predicted molar refractivity (Wildman–Crippen MR) is 584 cm³/mol. The van der Waals surface area contributed by atoms with Crippen LogP contribution in [0.3, 0.4) is 0 Å². The first-order chi connectivity index (χ1) is 69.3. The number of rotatable bonds is 9. The van der Waals surface area contributed by atoms with Crippen molar-refractivity contribution in [2.75, 3.05) is 0 Å². The van der Waals surface area contributed by atoms with E-state index in [2.05, 4.69) is 291 Å². The molecule has 0 saturated carbocycles. The van der Waals surface area contributed by atoms with Gasteiger partial charge in [0.1, 0.15) is 22.3 Å². The van der Waals surface area contributed by atoms with Crippen LogP contribution in [-0.2, 0) is 0 Å². The summed E-state index contributed by atoms with van der Waals surface area (Å²) in [5.74, 6) is 3.80. The first kappa shape index (κ1) is 80.2. The molecule has 0 aliphatic rings. The minimum absolute atomic E-state index is 0.585. The van der Waals surface area contributed by atoms with E-state index in [4.69, 9.17) is 53.7 Å². The maximum absolute atomic E-state index is 6.31. The van der Waals surface area contributed by atoms with Gasteiger partial charge in [0, 0.05) is 129 Å². The molecule has 0 atom stereocenters. The van der Waals surface area contributed by atoms with E-state index in [-0.39, 0.29) is 0 Å². The zero-order valence-corrected chi connectivity index (χ0v) is 76.4. The number of nitrogens with zero attached hydrogens (tertiary/aromatic N) is 9. The summed E-state index contributed by atoms with van der Waals surface area (Å²) in [4.78, 5) is 44.8. The number of thiophene rings is 2. The van der Waals surface area contributed by atoms with Gasteiger partial charge >= 0.3 is 0 Å². The highest BCUT2D eigenvalue weighted by Crippen LogP contribution is 2.48. The fraction of sp³-hybridized carbons (Fsp3) is 0. The third-order valence-corrected chi connectivity index (χ3v) is 29.8. The van der Waals surface area contributed by atoms with Crippen molar-refractivity contribution in [3.63, 3.8) is 0 Å². The summed E-state index contributed by atoms with van der Waals surface area (Å²) in [7, 11) is 0. The molecule has 0 bridgehead atoms. The summed E-state index contributed by atoms with van der Waals surface area (Å²) in [6.07, 6.45) is 1.85. The lowest BCUT2D eigenvalue weighted by Gasteiger charge is -2.13. The van der Waals surface area contributed by atoms with E-state index in [0.717, 1.165) is 133 Å². The predicted octanol–water partition coefficient (Wildman–Crippen LogP) is 34.7. The molecule has 11 nitrogen and oxygen atoms in total. The highest BCUT2D eigenvalue weighted by molar-refractivity contribution is 7.27. The monoisotopic (exact) mass is 1820 g/mol. The molecule has 0 fully saturated rings. The molecule has 30 rings (SSSR count). The van der Waals surface area contributed by atoms with Gasteiger partial charge in [-0.3, -0.25) is 4.98 Å². The van der Waals surface area contributed by atoms with Gasteiger partial charge < -0.3 is 8.83 Å². The molecule has 0 N–H and O–H groups in total. The Labute approximate surface area is 807 Å². The second kappa shape index (κ2) is 32.8. The minimum Gasteiger partial charge on any atom is -0.456 e. The molecule has 30 aromatic rings. The molecule has 0 unspecified atom stereocenters. The number of fused-ring (bicyclic) bond motifs is 30. The van der Waals surface area contributed by atoms with Crippen molar-refractivity contribution < 1.29 is 8.83 Å². The van der Waals surface area contributed by atoms with Crippen LogP contribution in [-0.4, -0.2) is 44.9 Å². The van der Waals surface area contributed by atoms with Gasteiger partial charge in [-0.05, 0) is 189 Å². The summed E-state index contributed by atoms with van der Waals surface area (Å²) in [5, 5.41) is 31.7. The molecule has 8 heterocycles. The van der Waals surface area contributed by atoms with Crippen LogP contribution in [0, 0.1) is 0 Å². The fourth-order valence-corrected chi connectivity index (χ4v) is 23.1. The van der Waals surface area contributed by atoms with Gasteiger partial charge in [0.2, 0.25) is 0 Å². The Morgan fingerprint density at radius 3 is 1.17 bits per heavy atom. The number of para-hydroxylation sites is 4. The Kier molecular flexibility index (Phi) is 18.8. The standard InChI is InChI=1S/C45H25N3OS.C44H26N4O.C38H22N2S/c1-2-8-27(9-3-1)43-46-44(48-45(47-43)31-19-21-41-37(24-31)34-11-5-7-13-40(34)50-41)30-18-20-32-28(22-30)16-14-26-15-17-29-23-36-33-10-4-6-12-38(33)49-39(36)25-35(29)42(26)32;1-3-9-29(10-4-1)42-46-43(30-11-5-2-6-12-30)48-44(47-42)33-20-23-36(45-26-33)32-19-22-34-31(25-32)18-17-27-15-16-28-21-24-38-41(40(28)39(27)34)35-13-7-8-14-37(35)49-38;1-2-8-24(9-3-1)36-37(40-33-12-6-5-11-32(33)39-36)26-17-18-27-25(22-26)15-14-23-16-19-31-29(35(23)27)20-21-30-28-10-4-7-13-34(28)41-38(30)31/h1-25H;1-26H;1-22H. The van der Waals surface area contributed by atoms with E-state index in [9.17, 15) is 0 Å². The SMILES string of the molecule is c1ccc(-c2nc(-c3ccc4c(ccc5ccc6cc7c(cc6c54)oc4ccccc47)c3)nc(-c3ccc4sc5ccccc5c4c3)n2)cc1.c1ccc(-c2nc(-c3ccccc3)nc(-c3ccc(-c4ccc5c(ccc6ccc7ccc8oc9ccccc9c8c7c65)c4)nc3)n2)cc1.c1ccc(-c2nc3ccccc3nc2-c2ccc3c(ccc4ccc5c(ccc6c7ccccc7sc65)c43)c2)cc1. The average molecular weight is 1820 g/mol. The van der Waals surface area contributed by atoms with Crippen molar-refractivity contribution in [3.8, 4) is 102 Å². The van der Waals surface area contributed by atoms with Gasteiger partial charge in [0.25, 0.3) is 0 Å². The number of pyridine rings is 1. The summed E-state index contributed by atoms with van der Waals surface area (Å²) in [6.45, 7) is 0. The maximum Gasteiger partial charge on any atom is 0.165 e. The van der Waals surface area contributed by atoms with E-state index in [1.54, 1.807) is 0 Å². The summed E-state index contributed by atoms with van der Waals surface area (Å²) < 4.78 is 17.8. The molecule has 0 amide bonds. The highest BCUT2D eigenvalue weighted by Gasteiger charge is 2.24. The second-order valence-electron chi connectivity index (χ2n) is 35.7. The third-order valence-electron chi connectivity index (χ3n) is 27.4. The Hall–Kier alpha value is -18.3. The van der Waals surface area contributed by atoms with Crippen LogP contribution in [0.15, 0.2) is 452 Å². The molecular weight excluding hydrogens is 1750 g/mol. The summed E-state index contributed by atoms with van der Waals surface area (Å²) >= 11 is 3.70. The molecule has 140 heavy (non-hydrogen) atoms. The summed E-state index contributed by atoms with van der Waals surface area (Å²) in [5.41, 5.74) is 16.9. The van der Waals surface area contributed by atoms with Gasteiger partial charge in [-0.1, -0.05) is 334 Å². The third kappa shape index (κ3) is 13.7. The van der Waals surface area contributed by atoms with Crippen LogP contribution in [0.1, 0.15) is 0 Å². The van der Waals surface area contributed by atoms with Crippen LogP contribution in [0.5, 0.6) is 0 Å². The van der Waals surface area contributed by atoms with E-state index in [1.807, 2.05) is 174 Å². The van der Waals surface area contributed by atoms with Crippen molar-refractivity contribution >= 4 is 215 Å². The van der Waals surface area contributed by atoms with Crippen molar-refractivity contribution in [3.05, 3.63) is 443 Å². The minimum atomic E-state index is 0.585. The first-order valence-electron chi connectivity index (χ1n) is 46.8. The quantitative estimate of drug-likeness (QED) is 0.127. The lowest BCUT2D eigenvalue weighted by Crippen LogP contribution is -2.00. The normalized spacial score (nSPS) is 11.9. The first-order valence-corrected chi connectivity index (χ1v) is 48.4. The van der Waals surface area contributed by atoms with Gasteiger partial charge in [-0.15, -0.1) is 22.7 Å². The van der Waals surface area contributed by atoms with Crippen molar-refractivity contribution in [2.45, 2.75) is 0 Å². The van der Waals surface area contributed by atoms with Crippen LogP contribution in [0.4, 0.5) is 0 Å². The second-order valence-corrected chi connectivity index (χ2v) is 37.8. The average Bonchev–Trinajstić information content (AvgIpc) is 1.52. The largest absolute Gasteiger partial charge is 0.456 e. The van der Waals surface area contributed by atoms with Crippen LogP contribution in [0.2, 0.25) is 0 Å². The molecule has 0 spiro atoms. The van der Waals surface area contributed by atoms with E-state index < -0.39 is 0 Å². The number of benzene rings is 22. The maximum atomic E-state index is 6.31. The smallest absolute Gasteiger partial charge is 0.165 e. The molecule has 13 heteroatoms. The number of hydrogen-bond donors (Lipinski definition) is 0. The molecule has 8 aromatic heterocycles. The highest BCUT2D eigenvalue weighted by atomic mass is 32.1. The molecule has 0 aliphatic carbocycles. The number of aromatic nitrogens is 9. The molecule has 0 saturated heterocycles. The van der Waals surface area contributed by atoms with Gasteiger partial charge in [0.15, 0.2) is 34.9 Å². The zero-order chi connectivity index (χ0) is 92.0. The molecule has 0 aliphatic heterocycles. The Morgan fingerprint density at radius 1 is 0.171 bits per heavy atom. The Morgan fingerprint density at radius 2 is 0.557 bits per heavy atom. The van der Waals surface area contributed by atoms with Crippen LogP contribution in [0.25, 0.3) is 294 Å².